The number of carbonyl (C=O) groups is 1. The van der Waals surface area contributed by atoms with Crippen LogP contribution in [0, 0.1) is 0 Å². The molecular formula is C13H15BN2O3. The number of aromatic nitrogens is 2. The average molecular weight is 258 g/mol. The smallest absolute Gasteiger partial charge is 0.357 e. The molecule has 98 valence electrons. The van der Waals surface area contributed by atoms with Crippen LogP contribution in [0.1, 0.15) is 36.0 Å². The number of rotatable bonds is 2. The van der Waals surface area contributed by atoms with E-state index < -0.39 is 5.97 Å². The van der Waals surface area contributed by atoms with E-state index in [1.54, 1.807) is 4.68 Å². The normalized spacial score (nSPS) is 19.7. The highest BCUT2D eigenvalue weighted by Gasteiger charge is 2.23. The number of hydrogen-bond acceptors (Lipinski definition) is 3. The van der Waals surface area contributed by atoms with Gasteiger partial charge in [-0.15, -0.1) is 0 Å². The number of nitrogens with zero attached hydrogens (tertiary/aromatic N) is 2. The van der Waals surface area contributed by atoms with Crippen molar-refractivity contribution in [1.29, 1.82) is 0 Å². The highest BCUT2D eigenvalue weighted by atomic mass is 16.5. The molecule has 1 saturated heterocycles. The minimum absolute atomic E-state index is 0.105. The molecule has 0 amide bonds. The van der Waals surface area contributed by atoms with Crippen LogP contribution in [-0.2, 0) is 4.74 Å². The zero-order chi connectivity index (χ0) is 13.4. The topological polar surface area (TPSA) is 64.3 Å². The van der Waals surface area contributed by atoms with Gasteiger partial charge in [0.05, 0.1) is 5.52 Å². The standard InChI is InChI=1S/C13H15BN2O3/c14-8-4-5-10-9(7-8)12(13(17)18)15-16(10)11-3-1-2-6-19-11/h4-5,7,11H,1-3,6,14H2,(H,17,18). The van der Waals surface area contributed by atoms with Crippen LogP contribution in [0.2, 0.25) is 0 Å². The van der Waals surface area contributed by atoms with Crippen molar-refractivity contribution < 1.29 is 14.6 Å². The van der Waals surface area contributed by atoms with E-state index in [-0.39, 0.29) is 11.9 Å². The van der Waals surface area contributed by atoms with Crippen molar-refractivity contribution in [2.75, 3.05) is 6.61 Å². The molecule has 2 aromatic rings. The summed E-state index contributed by atoms with van der Waals surface area (Å²) >= 11 is 0. The molecule has 19 heavy (non-hydrogen) atoms. The second-order valence-corrected chi connectivity index (χ2v) is 4.94. The lowest BCUT2D eigenvalue weighted by Gasteiger charge is -2.23. The molecule has 0 spiro atoms. The Morgan fingerprint density at radius 2 is 2.32 bits per heavy atom. The van der Waals surface area contributed by atoms with E-state index in [0.29, 0.717) is 12.0 Å². The summed E-state index contributed by atoms with van der Waals surface area (Å²) in [5, 5.41) is 14.2. The molecule has 5 nitrogen and oxygen atoms in total. The van der Waals surface area contributed by atoms with Crippen LogP contribution in [0.15, 0.2) is 18.2 Å². The van der Waals surface area contributed by atoms with E-state index in [9.17, 15) is 9.90 Å². The van der Waals surface area contributed by atoms with Crippen molar-refractivity contribution in [3.63, 3.8) is 0 Å². The molecule has 1 unspecified atom stereocenters. The average Bonchev–Trinajstić information content (AvgIpc) is 2.78. The predicted molar refractivity (Wildman–Crippen MR) is 73.7 cm³/mol. The number of carboxylic acids is 1. The Morgan fingerprint density at radius 3 is 3.00 bits per heavy atom. The van der Waals surface area contributed by atoms with Crippen molar-refractivity contribution >= 4 is 30.2 Å². The van der Waals surface area contributed by atoms with Gasteiger partial charge in [-0.2, -0.15) is 5.10 Å². The summed E-state index contributed by atoms with van der Waals surface area (Å²) in [5.41, 5.74) is 1.96. The molecule has 1 aromatic heterocycles. The van der Waals surface area contributed by atoms with Gasteiger partial charge < -0.3 is 9.84 Å². The third-order valence-electron chi connectivity index (χ3n) is 3.49. The molecule has 0 saturated carbocycles. The summed E-state index contributed by atoms with van der Waals surface area (Å²) in [5.74, 6) is -0.995. The van der Waals surface area contributed by atoms with Crippen LogP contribution >= 0.6 is 0 Å². The third-order valence-corrected chi connectivity index (χ3v) is 3.49. The third kappa shape index (κ3) is 2.12. The number of carboxylic acid groups (broad SMARTS) is 1. The number of aromatic carboxylic acids is 1. The maximum Gasteiger partial charge on any atom is 0.357 e. The van der Waals surface area contributed by atoms with Crippen molar-refractivity contribution in [3.05, 3.63) is 23.9 Å². The van der Waals surface area contributed by atoms with Crippen molar-refractivity contribution in [1.82, 2.24) is 9.78 Å². The van der Waals surface area contributed by atoms with Crippen LogP contribution in [0.4, 0.5) is 0 Å². The van der Waals surface area contributed by atoms with Gasteiger partial charge in [0, 0.05) is 12.0 Å². The van der Waals surface area contributed by atoms with E-state index in [2.05, 4.69) is 5.10 Å². The van der Waals surface area contributed by atoms with Crippen molar-refractivity contribution in [2.24, 2.45) is 0 Å². The maximum atomic E-state index is 11.3. The summed E-state index contributed by atoms with van der Waals surface area (Å²) in [6, 6.07) is 5.75. The van der Waals surface area contributed by atoms with Gasteiger partial charge in [-0.3, -0.25) is 0 Å². The molecule has 3 rings (SSSR count). The Kier molecular flexibility index (Phi) is 3.02. The van der Waals surface area contributed by atoms with E-state index in [1.165, 1.54) is 0 Å². The Balaban J connectivity index is 2.16. The predicted octanol–water partition coefficient (Wildman–Crippen LogP) is 0.692. The first-order chi connectivity index (χ1) is 9.16. The van der Waals surface area contributed by atoms with Crippen molar-refractivity contribution in [3.8, 4) is 0 Å². The van der Waals surface area contributed by atoms with E-state index in [4.69, 9.17) is 4.74 Å². The Morgan fingerprint density at radius 1 is 1.47 bits per heavy atom. The fourth-order valence-corrected chi connectivity index (χ4v) is 2.55. The zero-order valence-electron chi connectivity index (χ0n) is 10.8. The largest absolute Gasteiger partial charge is 0.476 e. The maximum absolute atomic E-state index is 11.3. The fourth-order valence-electron chi connectivity index (χ4n) is 2.55. The zero-order valence-corrected chi connectivity index (χ0v) is 10.8. The highest BCUT2D eigenvalue weighted by molar-refractivity contribution is 6.33. The van der Waals surface area contributed by atoms with E-state index in [0.717, 1.165) is 30.2 Å². The minimum Gasteiger partial charge on any atom is -0.476 e. The molecule has 1 aliphatic heterocycles. The lowest BCUT2D eigenvalue weighted by atomic mass is 9.94. The molecule has 6 heteroatoms. The molecular weight excluding hydrogens is 243 g/mol. The number of fused-ring (bicyclic) bond motifs is 1. The van der Waals surface area contributed by atoms with Crippen LogP contribution in [0.3, 0.4) is 0 Å². The van der Waals surface area contributed by atoms with Gasteiger partial charge in [-0.1, -0.05) is 17.6 Å². The number of benzene rings is 1. The SMILES string of the molecule is Bc1ccc2c(c1)c(C(=O)O)nn2C1CCCCO1. The first kappa shape index (κ1) is 12.2. The fraction of sp³-hybridized carbons (Fsp3) is 0.385. The molecule has 1 aliphatic rings. The van der Waals surface area contributed by atoms with Gasteiger partial charge in [0.15, 0.2) is 11.9 Å². The molecule has 1 N–H and O–H groups in total. The quantitative estimate of drug-likeness (QED) is 0.805. The summed E-state index contributed by atoms with van der Waals surface area (Å²) in [7, 11) is 1.94. The first-order valence-electron chi connectivity index (χ1n) is 6.50. The van der Waals surface area contributed by atoms with Crippen LogP contribution in [0.5, 0.6) is 0 Å². The summed E-state index contributed by atoms with van der Waals surface area (Å²) in [6.45, 7) is 0.709. The lowest BCUT2D eigenvalue weighted by molar-refractivity contribution is -0.0368. The molecule has 2 heterocycles. The van der Waals surface area contributed by atoms with Gasteiger partial charge in [-0.05, 0) is 25.3 Å². The van der Waals surface area contributed by atoms with Crippen LogP contribution < -0.4 is 5.46 Å². The molecule has 0 bridgehead atoms. The van der Waals surface area contributed by atoms with Crippen LogP contribution in [-0.4, -0.2) is 35.3 Å². The molecule has 1 atom stereocenters. The monoisotopic (exact) mass is 258 g/mol. The summed E-state index contributed by atoms with van der Waals surface area (Å²) < 4.78 is 7.42. The van der Waals surface area contributed by atoms with E-state index >= 15 is 0 Å². The molecule has 0 radical (unpaired) electrons. The Labute approximate surface area is 111 Å². The molecule has 1 aromatic carbocycles. The van der Waals surface area contributed by atoms with Gasteiger partial charge in [-0.25, -0.2) is 9.48 Å². The number of ether oxygens (including phenoxy) is 1. The Hall–Kier alpha value is -1.82. The number of hydrogen-bond donors (Lipinski definition) is 1. The molecule has 1 fully saturated rings. The van der Waals surface area contributed by atoms with Gasteiger partial charge in [0.1, 0.15) is 7.85 Å². The first-order valence-corrected chi connectivity index (χ1v) is 6.50. The van der Waals surface area contributed by atoms with Crippen molar-refractivity contribution in [2.45, 2.75) is 25.5 Å². The van der Waals surface area contributed by atoms with Crippen LogP contribution in [0.25, 0.3) is 10.9 Å². The second-order valence-electron chi connectivity index (χ2n) is 4.94. The minimum atomic E-state index is -0.995. The lowest BCUT2D eigenvalue weighted by Crippen LogP contribution is -2.19. The van der Waals surface area contributed by atoms with Gasteiger partial charge in [0.2, 0.25) is 0 Å². The highest BCUT2D eigenvalue weighted by Crippen LogP contribution is 2.27. The molecule has 0 aliphatic carbocycles. The van der Waals surface area contributed by atoms with E-state index in [1.807, 2.05) is 26.0 Å². The summed E-state index contributed by atoms with van der Waals surface area (Å²) in [6.07, 6.45) is 2.87. The Bertz CT molecular complexity index is 632. The van der Waals surface area contributed by atoms with Gasteiger partial charge >= 0.3 is 5.97 Å². The van der Waals surface area contributed by atoms with Gasteiger partial charge in [0.25, 0.3) is 0 Å². The summed E-state index contributed by atoms with van der Waals surface area (Å²) in [4.78, 5) is 11.3. The second kappa shape index (κ2) is 4.70.